The maximum atomic E-state index is 14.4. The van der Waals surface area contributed by atoms with Gasteiger partial charge in [0, 0.05) is 29.5 Å². The van der Waals surface area contributed by atoms with Crippen LogP contribution in [0.25, 0.3) is 10.9 Å². The zero-order chi connectivity index (χ0) is 28.3. The van der Waals surface area contributed by atoms with Gasteiger partial charge in [0.05, 0.1) is 12.1 Å². The summed E-state index contributed by atoms with van der Waals surface area (Å²) in [5.74, 6) is 3.68. The summed E-state index contributed by atoms with van der Waals surface area (Å²) in [4.78, 5) is 39.4. The SMILES string of the molecule is C/C=C(\C)C#Cc1ccc2c(c1)c(C(N)=O)nn2CC(=O)N1C[C@H](F)C[C@H]1C(=O)NCc1cccc(C)c1F. The average molecular weight is 534 g/mol. The standard InChI is InChI=1S/C29H29F2N5O3/c1-4-17(2)8-9-19-10-11-23-22(12-19)27(28(32)38)34-36(23)16-25(37)35-15-21(30)13-24(35)29(39)33-14-20-7-5-6-18(3)26(20)31/h4-7,10-12,21,24H,13-16H2,1-3H3,(H2,32,38)(H,33,39)/b17-4+/t21-,24+/m1/s1. The average Bonchev–Trinajstić information content (AvgIpc) is 3.48. The van der Waals surface area contributed by atoms with Crippen LogP contribution in [0.2, 0.25) is 0 Å². The first-order valence-corrected chi connectivity index (χ1v) is 12.5. The lowest BCUT2D eigenvalue weighted by molar-refractivity contribution is -0.139. The summed E-state index contributed by atoms with van der Waals surface area (Å²) in [6.45, 7) is 4.68. The van der Waals surface area contributed by atoms with Gasteiger partial charge >= 0.3 is 0 Å². The van der Waals surface area contributed by atoms with E-state index in [4.69, 9.17) is 5.73 Å². The molecule has 1 saturated heterocycles. The van der Waals surface area contributed by atoms with Crippen LogP contribution in [0.1, 0.15) is 47.4 Å². The van der Waals surface area contributed by atoms with Crippen LogP contribution in [0.15, 0.2) is 48.0 Å². The van der Waals surface area contributed by atoms with Gasteiger partial charge in [0.2, 0.25) is 11.8 Å². The van der Waals surface area contributed by atoms with Crippen LogP contribution in [0.5, 0.6) is 0 Å². The molecule has 2 atom stereocenters. The van der Waals surface area contributed by atoms with E-state index in [1.807, 2.05) is 19.9 Å². The second kappa shape index (κ2) is 11.5. The molecule has 0 bridgehead atoms. The topological polar surface area (TPSA) is 110 Å². The number of amides is 3. The number of nitrogens with zero attached hydrogens (tertiary/aromatic N) is 3. The zero-order valence-corrected chi connectivity index (χ0v) is 21.9. The van der Waals surface area contributed by atoms with Crippen molar-refractivity contribution < 1.29 is 23.2 Å². The number of primary amides is 1. The Morgan fingerprint density at radius 3 is 2.74 bits per heavy atom. The van der Waals surface area contributed by atoms with Crippen LogP contribution in [-0.4, -0.2) is 51.2 Å². The van der Waals surface area contributed by atoms with Crippen molar-refractivity contribution in [2.75, 3.05) is 6.54 Å². The van der Waals surface area contributed by atoms with Crippen molar-refractivity contribution in [2.24, 2.45) is 5.73 Å². The molecular weight excluding hydrogens is 504 g/mol. The monoisotopic (exact) mass is 533 g/mol. The molecule has 10 heteroatoms. The zero-order valence-electron chi connectivity index (χ0n) is 21.9. The third-order valence-electron chi connectivity index (χ3n) is 6.70. The van der Waals surface area contributed by atoms with Gasteiger partial charge in [0.25, 0.3) is 5.91 Å². The second-order valence-corrected chi connectivity index (χ2v) is 9.48. The Morgan fingerprint density at radius 2 is 2.03 bits per heavy atom. The summed E-state index contributed by atoms with van der Waals surface area (Å²) in [5, 5.41) is 7.28. The molecule has 1 aliphatic heterocycles. The first kappa shape index (κ1) is 27.5. The summed E-state index contributed by atoms with van der Waals surface area (Å²) in [6, 6.07) is 8.88. The molecule has 1 aromatic heterocycles. The predicted octanol–water partition coefficient (Wildman–Crippen LogP) is 3.16. The maximum absolute atomic E-state index is 14.4. The number of fused-ring (bicyclic) bond motifs is 1. The number of alkyl halides is 1. The van der Waals surface area contributed by atoms with Gasteiger partial charge in [-0.1, -0.05) is 36.1 Å². The molecule has 2 heterocycles. The summed E-state index contributed by atoms with van der Waals surface area (Å²) in [7, 11) is 0. The summed E-state index contributed by atoms with van der Waals surface area (Å²) in [6.07, 6.45) is 0.310. The number of carbonyl (C=O) groups is 3. The summed E-state index contributed by atoms with van der Waals surface area (Å²) < 4.78 is 30.0. The van der Waals surface area contributed by atoms with Crippen molar-refractivity contribution in [3.8, 4) is 11.8 Å². The lowest BCUT2D eigenvalue weighted by Gasteiger charge is -2.24. The summed E-state index contributed by atoms with van der Waals surface area (Å²) in [5.41, 5.74) is 8.24. The fourth-order valence-electron chi connectivity index (χ4n) is 4.48. The van der Waals surface area contributed by atoms with E-state index in [0.29, 0.717) is 27.6 Å². The molecule has 3 amide bonds. The van der Waals surface area contributed by atoms with Crippen molar-refractivity contribution in [2.45, 2.75) is 52.5 Å². The Kier molecular flexibility index (Phi) is 8.10. The lowest BCUT2D eigenvalue weighted by Crippen LogP contribution is -2.46. The van der Waals surface area contributed by atoms with Crippen molar-refractivity contribution in [1.82, 2.24) is 20.0 Å². The molecule has 3 N–H and O–H groups in total. The van der Waals surface area contributed by atoms with E-state index < -0.39 is 35.8 Å². The molecule has 0 radical (unpaired) electrons. The largest absolute Gasteiger partial charge is 0.364 e. The minimum absolute atomic E-state index is 0.0246. The van der Waals surface area contributed by atoms with Gasteiger partial charge in [-0.3, -0.25) is 19.1 Å². The van der Waals surface area contributed by atoms with E-state index in [2.05, 4.69) is 22.3 Å². The van der Waals surface area contributed by atoms with Crippen LogP contribution in [0, 0.1) is 24.6 Å². The Balaban J connectivity index is 1.54. The molecule has 0 aliphatic carbocycles. The normalized spacial score (nSPS) is 17.2. The number of rotatable bonds is 6. The van der Waals surface area contributed by atoms with Gasteiger partial charge in [-0.15, -0.1) is 0 Å². The van der Waals surface area contributed by atoms with Crippen LogP contribution in [0.4, 0.5) is 8.78 Å². The molecule has 3 aromatic rings. The minimum Gasteiger partial charge on any atom is -0.364 e. The van der Waals surface area contributed by atoms with Crippen LogP contribution >= 0.6 is 0 Å². The van der Waals surface area contributed by atoms with E-state index in [-0.39, 0.29) is 31.7 Å². The number of benzene rings is 2. The Labute approximate surface area is 224 Å². The van der Waals surface area contributed by atoms with E-state index in [9.17, 15) is 23.2 Å². The van der Waals surface area contributed by atoms with Crippen molar-refractivity contribution >= 4 is 28.6 Å². The number of carbonyl (C=O) groups excluding carboxylic acids is 3. The first-order valence-electron chi connectivity index (χ1n) is 12.5. The number of nitrogens with two attached hydrogens (primary N) is 1. The highest BCUT2D eigenvalue weighted by atomic mass is 19.1. The molecule has 202 valence electrons. The number of nitrogens with one attached hydrogen (secondary N) is 1. The fraction of sp³-hybridized carbons (Fsp3) is 0.310. The minimum atomic E-state index is -1.39. The van der Waals surface area contributed by atoms with Crippen LogP contribution < -0.4 is 11.1 Å². The van der Waals surface area contributed by atoms with Crippen molar-refractivity contribution in [3.05, 3.63) is 76.2 Å². The molecule has 2 aromatic carbocycles. The second-order valence-electron chi connectivity index (χ2n) is 9.48. The third-order valence-corrected chi connectivity index (χ3v) is 6.70. The van der Waals surface area contributed by atoms with Gasteiger partial charge in [-0.2, -0.15) is 5.10 Å². The maximum Gasteiger partial charge on any atom is 0.269 e. The number of hydrogen-bond acceptors (Lipinski definition) is 4. The van der Waals surface area contributed by atoms with Gasteiger partial charge in [-0.05, 0) is 50.1 Å². The van der Waals surface area contributed by atoms with Gasteiger partial charge in [0.15, 0.2) is 5.69 Å². The number of aromatic nitrogens is 2. The molecule has 1 fully saturated rings. The molecule has 8 nitrogen and oxygen atoms in total. The molecule has 0 unspecified atom stereocenters. The predicted molar refractivity (Wildman–Crippen MR) is 143 cm³/mol. The molecule has 4 rings (SSSR count). The Hall–Kier alpha value is -4.52. The number of hydrogen-bond donors (Lipinski definition) is 2. The molecular formula is C29H29F2N5O3. The Morgan fingerprint density at radius 1 is 1.26 bits per heavy atom. The van der Waals surface area contributed by atoms with E-state index >= 15 is 0 Å². The Bertz CT molecular complexity index is 1550. The lowest BCUT2D eigenvalue weighted by atomic mass is 10.1. The number of allylic oxidation sites excluding steroid dienone is 2. The highest BCUT2D eigenvalue weighted by molar-refractivity contribution is 6.04. The highest BCUT2D eigenvalue weighted by Gasteiger charge is 2.40. The van der Waals surface area contributed by atoms with Gasteiger partial charge in [-0.25, -0.2) is 8.78 Å². The van der Waals surface area contributed by atoms with Gasteiger partial charge in [0.1, 0.15) is 24.6 Å². The van der Waals surface area contributed by atoms with E-state index in [0.717, 1.165) is 10.5 Å². The smallest absolute Gasteiger partial charge is 0.269 e. The van der Waals surface area contributed by atoms with Crippen LogP contribution in [-0.2, 0) is 22.7 Å². The number of likely N-dealkylation sites (tertiary alicyclic amines) is 1. The number of halogens is 2. The quantitative estimate of drug-likeness (QED) is 0.475. The first-order chi connectivity index (χ1) is 18.6. The number of aryl methyl sites for hydroxylation is 1. The van der Waals surface area contributed by atoms with Crippen LogP contribution in [0.3, 0.4) is 0 Å². The molecule has 39 heavy (non-hydrogen) atoms. The molecule has 0 saturated carbocycles. The highest BCUT2D eigenvalue weighted by Crippen LogP contribution is 2.24. The van der Waals surface area contributed by atoms with E-state index in [1.54, 1.807) is 43.3 Å². The molecule has 0 spiro atoms. The summed E-state index contributed by atoms with van der Waals surface area (Å²) >= 11 is 0. The fourth-order valence-corrected chi connectivity index (χ4v) is 4.48. The van der Waals surface area contributed by atoms with Crippen molar-refractivity contribution in [3.63, 3.8) is 0 Å². The van der Waals surface area contributed by atoms with E-state index in [1.165, 1.54) is 4.68 Å². The van der Waals surface area contributed by atoms with Crippen molar-refractivity contribution in [1.29, 1.82) is 0 Å². The van der Waals surface area contributed by atoms with Gasteiger partial charge < -0.3 is 16.0 Å². The molecule has 1 aliphatic rings. The third kappa shape index (κ3) is 5.98.